The maximum atomic E-state index is 9.58. The van der Waals surface area contributed by atoms with Crippen LogP contribution in [-0.2, 0) is 0 Å². The van der Waals surface area contributed by atoms with E-state index in [-0.39, 0.29) is 18.8 Å². The molecule has 2 aromatic rings. The molecule has 27 heavy (non-hydrogen) atoms. The van der Waals surface area contributed by atoms with E-state index < -0.39 is 0 Å². The molecule has 134 valence electrons. The van der Waals surface area contributed by atoms with Gasteiger partial charge in [-0.25, -0.2) is 0 Å². The molecule has 0 fully saturated rings. The second kappa shape index (κ2) is 9.75. The molecule has 0 saturated heterocycles. The van der Waals surface area contributed by atoms with Crippen LogP contribution in [0.25, 0.3) is 11.1 Å². The Labute approximate surface area is 157 Å². The molecule has 0 bridgehead atoms. The first-order valence-electron chi connectivity index (χ1n) is 8.30. The zero-order chi connectivity index (χ0) is 19.6. The first-order chi connectivity index (χ1) is 13.2. The molecule has 0 aliphatic carbocycles. The smallest absolute Gasteiger partial charge is 0.136 e. The van der Waals surface area contributed by atoms with Crippen LogP contribution < -0.4 is 15.3 Å². The Bertz CT molecular complexity index is 993. The van der Waals surface area contributed by atoms with E-state index in [4.69, 9.17) is 20.7 Å². The molecular weight excluding hydrogens is 340 g/mol. The third-order valence-corrected chi connectivity index (χ3v) is 4.06. The summed E-state index contributed by atoms with van der Waals surface area (Å²) < 4.78 is 0. The molecule has 0 amide bonds. The maximum Gasteiger partial charge on any atom is 0.136 e. The molecule has 2 rings (SSSR count). The predicted octanol–water partition coefficient (Wildman–Crippen LogP) is 0.398. The molecule has 0 heterocycles. The van der Waals surface area contributed by atoms with Gasteiger partial charge in [-0.3, -0.25) is 0 Å². The summed E-state index contributed by atoms with van der Waals surface area (Å²) in [5, 5.41) is 46.9. The zero-order valence-electron chi connectivity index (χ0n) is 14.6. The standard InChI is InChI=1S/C21H18N4O2/c22-13-19(14-23)16-1-3-17(4-2-16)21(15-24)18-5-7-20(8-6-18)25(9-11-26)10-12-27/h1-8,26-27H,9-12H2. The minimum absolute atomic E-state index is 0.0198. The molecule has 0 spiro atoms. The molecule has 2 aromatic carbocycles. The Morgan fingerprint density at radius 1 is 0.741 bits per heavy atom. The van der Waals surface area contributed by atoms with Gasteiger partial charge in [0.2, 0.25) is 0 Å². The van der Waals surface area contributed by atoms with E-state index in [0.717, 1.165) is 11.3 Å². The summed E-state index contributed by atoms with van der Waals surface area (Å²) in [6.45, 7) is 0.780. The fraction of sp³-hybridized carbons (Fsp3) is 0.190. The van der Waals surface area contributed by atoms with Crippen molar-refractivity contribution in [2.45, 2.75) is 0 Å². The Hall–Kier alpha value is -3.63. The Morgan fingerprint density at radius 3 is 1.70 bits per heavy atom. The molecule has 6 nitrogen and oxygen atoms in total. The lowest BCUT2D eigenvalue weighted by Gasteiger charge is -2.23. The zero-order valence-corrected chi connectivity index (χ0v) is 14.6. The maximum absolute atomic E-state index is 9.58. The third-order valence-electron chi connectivity index (χ3n) is 4.06. The summed E-state index contributed by atoms with van der Waals surface area (Å²) >= 11 is 0. The number of hydrogen-bond acceptors (Lipinski definition) is 6. The van der Waals surface area contributed by atoms with Gasteiger partial charge in [0.25, 0.3) is 0 Å². The van der Waals surface area contributed by atoms with Crippen molar-refractivity contribution in [3.8, 4) is 18.2 Å². The first-order valence-corrected chi connectivity index (χ1v) is 8.30. The van der Waals surface area contributed by atoms with Gasteiger partial charge in [0.1, 0.15) is 23.8 Å². The normalized spacial score (nSPS) is 9.59. The van der Waals surface area contributed by atoms with Crippen LogP contribution in [0.4, 0.5) is 5.69 Å². The van der Waals surface area contributed by atoms with Crippen molar-refractivity contribution in [1.29, 1.82) is 15.8 Å². The first kappa shape index (κ1) is 19.7. The van der Waals surface area contributed by atoms with Gasteiger partial charge in [-0.2, -0.15) is 15.8 Å². The van der Waals surface area contributed by atoms with E-state index in [1.807, 2.05) is 41.3 Å². The molecule has 0 unspecified atom stereocenters. The summed E-state index contributed by atoms with van der Waals surface area (Å²) in [7, 11) is 0. The number of anilines is 1. The summed E-state index contributed by atoms with van der Waals surface area (Å²) in [6, 6.07) is 19.9. The van der Waals surface area contributed by atoms with Crippen LogP contribution in [0, 0.1) is 34.0 Å². The van der Waals surface area contributed by atoms with Gasteiger partial charge in [0.05, 0.1) is 18.8 Å². The molecule has 0 saturated carbocycles. The van der Waals surface area contributed by atoms with E-state index in [1.54, 1.807) is 24.3 Å². The third kappa shape index (κ3) is 4.71. The van der Waals surface area contributed by atoms with Crippen LogP contribution in [0.2, 0.25) is 0 Å². The van der Waals surface area contributed by atoms with Crippen molar-refractivity contribution in [3.05, 3.63) is 64.5 Å². The van der Waals surface area contributed by atoms with E-state index in [0.29, 0.717) is 29.1 Å². The SMILES string of the molecule is N#CC(C#N)=c1ccc(=C(C#N)c2ccc(N(CCO)CCO)cc2)cc1. The fourth-order valence-corrected chi connectivity index (χ4v) is 2.70. The van der Waals surface area contributed by atoms with Gasteiger partial charge in [0.15, 0.2) is 0 Å². The van der Waals surface area contributed by atoms with Crippen LogP contribution in [0.15, 0.2) is 48.5 Å². The molecular formula is C21H18N4O2. The number of nitriles is 3. The molecule has 0 aromatic heterocycles. The second-order valence-corrected chi connectivity index (χ2v) is 5.64. The number of aliphatic hydroxyl groups excluding tert-OH is 2. The van der Waals surface area contributed by atoms with E-state index in [9.17, 15) is 5.26 Å². The average molecular weight is 358 g/mol. The lowest BCUT2D eigenvalue weighted by atomic mass is 10.0. The average Bonchev–Trinajstić information content (AvgIpc) is 2.71. The highest BCUT2D eigenvalue weighted by molar-refractivity contribution is 5.77. The number of hydrogen-bond donors (Lipinski definition) is 2. The lowest BCUT2D eigenvalue weighted by molar-refractivity contribution is 0.281. The van der Waals surface area contributed by atoms with Crippen molar-refractivity contribution in [2.75, 3.05) is 31.2 Å². The number of nitrogens with zero attached hydrogens (tertiary/aromatic N) is 4. The van der Waals surface area contributed by atoms with Crippen LogP contribution in [-0.4, -0.2) is 36.5 Å². The molecule has 0 aliphatic rings. The van der Waals surface area contributed by atoms with Crippen molar-refractivity contribution >= 4 is 16.8 Å². The summed E-state index contributed by atoms with van der Waals surface area (Å²) in [5.74, 6) is 0. The quantitative estimate of drug-likeness (QED) is 0.772. The Kier molecular flexibility index (Phi) is 7.11. The van der Waals surface area contributed by atoms with Crippen LogP contribution in [0.1, 0.15) is 5.56 Å². The molecule has 0 aliphatic heterocycles. The van der Waals surface area contributed by atoms with Gasteiger partial charge in [0, 0.05) is 24.0 Å². The van der Waals surface area contributed by atoms with Gasteiger partial charge < -0.3 is 15.1 Å². The molecule has 2 N–H and O–H groups in total. The molecule has 6 heteroatoms. The van der Waals surface area contributed by atoms with Crippen molar-refractivity contribution in [1.82, 2.24) is 0 Å². The monoisotopic (exact) mass is 358 g/mol. The Balaban J connectivity index is 2.45. The van der Waals surface area contributed by atoms with Gasteiger partial charge in [-0.05, 0) is 22.9 Å². The summed E-state index contributed by atoms with van der Waals surface area (Å²) in [6.07, 6.45) is 0. The van der Waals surface area contributed by atoms with E-state index in [2.05, 4.69) is 6.07 Å². The highest BCUT2D eigenvalue weighted by atomic mass is 16.3. The van der Waals surface area contributed by atoms with Crippen molar-refractivity contribution in [2.24, 2.45) is 0 Å². The topological polar surface area (TPSA) is 115 Å². The minimum atomic E-state index is -0.0198. The predicted molar refractivity (Wildman–Crippen MR) is 101 cm³/mol. The number of rotatable bonds is 6. The molecule has 0 atom stereocenters. The Morgan fingerprint density at radius 2 is 1.26 bits per heavy atom. The van der Waals surface area contributed by atoms with E-state index >= 15 is 0 Å². The number of aliphatic hydroxyl groups is 2. The van der Waals surface area contributed by atoms with Crippen LogP contribution in [0.5, 0.6) is 0 Å². The van der Waals surface area contributed by atoms with Gasteiger partial charge >= 0.3 is 0 Å². The van der Waals surface area contributed by atoms with Crippen LogP contribution in [0.3, 0.4) is 0 Å². The minimum Gasteiger partial charge on any atom is -0.395 e. The van der Waals surface area contributed by atoms with Crippen molar-refractivity contribution in [3.63, 3.8) is 0 Å². The van der Waals surface area contributed by atoms with Crippen molar-refractivity contribution < 1.29 is 10.2 Å². The fourth-order valence-electron chi connectivity index (χ4n) is 2.70. The number of benzene rings is 2. The molecule has 0 radical (unpaired) electrons. The summed E-state index contributed by atoms with van der Waals surface area (Å²) in [4.78, 5) is 1.85. The second-order valence-electron chi connectivity index (χ2n) is 5.64. The highest BCUT2D eigenvalue weighted by Crippen LogP contribution is 2.18. The largest absolute Gasteiger partial charge is 0.395 e. The summed E-state index contributed by atoms with van der Waals surface area (Å²) in [5.41, 5.74) is 2.07. The van der Waals surface area contributed by atoms with E-state index in [1.165, 1.54) is 0 Å². The van der Waals surface area contributed by atoms with Gasteiger partial charge in [-0.1, -0.05) is 36.4 Å². The highest BCUT2D eigenvalue weighted by Gasteiger charge is 2.07. The lowest BCUT2D eigenvalue weighted by Crippen LogP contribution is -2.29. The van der Waals surface area contributed by atoms with Crippen LogP contribution >= 0.6 is 0 Å². The van der Waals surface area contributed by atoms with Gasteiger partial charge in [-0.15, -0.1) is 0 Å².